The van der Waals surface area contributed by atoms with Gasteiger partial charge in [0.1, 0.15) is 84.1 Å². The van der Waals surface area contributed by atoms with Gasteiger partial charge in [-0.15, -0.1) is 0 Å². The molecule has 0 aliphatic rings. The lowest BCUT2D eigenvalue weighted by atomic mass is 10.0. The van der Waals surface area contributed by atoms with Crippen molar-refractivity contribution in [2.45, 2.75) is 0 Å². The Labute approximate surface area is 648 Å². The fraction of sp³-hybridized carbons (Fsp3) is 0. The van der Waals surface area contributed by atoms with E-state index in [0.29, 0.717) is 0 Å². The maximum absolute atomic E-state index is 6.40. The molecule has 15 aromatic heterocycles. The molecule has 0 unspecified atom stereocenters. The molecule has 0 spiro atoms. The quantitative estimate of drug-likeness (QED) is 0.150. The standard InChI is InChI=1S/C38H21N3O2.C34H19N3O2.C28H15N3O2/c1-2-8-25-21-26(16-13-22(25)7-1)29-19-17-23-14-15-24-18-20-32(40-34(24)33(23)39-29)41-35-27-9-3-5-11-30(27)42-37(35)38-36(41)28-10-4-6-12-31(28)43-38;1-2-8-20(9-3-1)25-18-16-21-14-15-22-17-19-28(36-30(22)29(21)35-25)37-31-23-10-4-6-12-26(23)38-33(31)34-32(37)24-11-5-7-13-27(24)39-34;1-3-9-20-18(7-1)25-27(32-20)28-26(19-8-2-4-10-21(19)33-28)31(25)22-14-13-17-12-11-16-6-5-15-29-23(16)24(17)30-22/h1-21H;1-19H;1-15H. The summed E-state index contributed by atoms with van der Waals surface area (Å²) in [6.45, 7) is 0. The van der Waals surface area contributed by atoms with E-state index in [1.165, 1.54) is 10.8 Å². The van der Waals surface area contributed by atoms with E-state index in [1.807, 2.05) is 140 Å². The first-order valence-electron chi connectivity index (χ1n) is 38.1. The van der Waals surface area contributed by atoms with Crippen LogP contribution in [0, 0.1) is 0 Å². The highest BCUT2D eigenvalue weighted by Crippen LogP contribution is 2.48. The predicted octanol–water partition coefficient (Wildman–Crippen LogP) is 26.6. The molecule has 0 atom stereocenters. The van der Waals surface area contributed by atoms with Crippen LogP contribution in [0.3, 0.4) is 0 Å². The van der Waals surface area contributed by atoms with Gasteiger partial charge in [0.2, 0.25) is 0 Å². The molecule has 0 N–H and O–H groups in total. The van der Waals surface area contributed by atoms with E-state index >= 15 is 0 Å². The highest BCUT2D eigenvalue weighted by Gasteiger charge is 2.30. The third-order valence-corrected chi connectivity index (χ3v) is 22.6. The lowest BCUT2D eigenvalue weighted by Crippen LogP contribution is -1.98. The van der Waals surface area contributed by atoms with E-state index in [0.717, 1.165) is 238 Å². The number of pyridine rings is 6. The van der Waals surface area contributed by atoms with Crippen LogP contribution in [0.2, 0.25) is 0 Å². The molecule has 27 rings (SSSR count). The van der Waals surface area contributed by atoms with Gasteiger partial charge in [-0.05, 0) is 144 Å². The van der Waals surface area contributed by atoms with Crippen molar-refractivity contribution in [2.75, 3.05) is 0 Å². The Morgan fingerprint density at radius 2 is 0.461 bits per heavy atom. The summed E-state index contributed by atoms with van der Waals surface area (Å²) in [5.74, 6) is 2.38. The molecule has 15 heteroatoms. The molecule has 0 saturated carbocycles. The number of hydrogen-bond acceptors (Lipinski definition) is 12. The summed E-state index contributed by atoms with van der Waals surface area (Å²) in [6, 6.07) is 111. The topological polar surface area (TPSA) is 171 Å². The molecule has 12 aromatic carbocycles. The van der Waals surface area contributed by atoms with E-state index in [4.69, 9.17) is 51.4 Å². The van der Waals surface area contributed by atoms with Crippen molar-refractivity contribution in [1.82, 2.24) is 43.6 Å². The van der Waals surface area contributed by atoms with Gasteiger partial charge in [-0.1, -0.05) is 194 Å². The summed E-state index contributed by atoms with van der Waals surface area (Å²) < 4.78 is 44.7. The number of hydrogen-bond donors (Lipinski definition) is 0. The average Bonchev–Trinajstić information content (AvgIpc) is 1.55. The van der Waals surface area contributed by atoms with Gasteiger partial charge in [0.25, 0.3) is 0 Å². The number of furan rings is 6. The molecule has 536 valence electrons. The third-order valence-electron chi connectivity index (χ3n) is 22.6. The maximum atomic E-state index is 6.40. The van der Waals surface area contributed by atoms with E-state index in [9.17, 15) is 0 Å². The average molecular weight is 1480 g/mol. The van der Waals surface area contributed by atoms with Gasteiger partial charge < -0.3 is 26.5 Å². The van der Waals surface area contributed by atoms with Crippen LogP contribution < -0.4 is 0 Å². The van der Waals surface area contributed by atoms with Crippen LogP contribution in [-0.2, 0) is 0 Å². The van der Waals surface area contributed by atoms with E-state index in [-0.39, 0.29) is 0 Å². The van der Waals surface area contributed by atoms with Crippen LogP contribution in [0.5, 0.6) is 0 Å². The normalized spacial score (nSPS) is 12.2. The Bertz CT molecular complexity index is 8530. The van der Waals surface area contributed by atoms with Gasteiger partial charge in [0, 0.05) is 82.0 Å². The predicted molar refractivity (Wildman–Crippen MR) is 461 cm³/mol. The number of fused-ring (bicyclic) bond motifs is 31. The number of nitrogens with zero attached hydrogens (tertiary/aromatic N) is 9. The first-order chi connectivity index (χ1) is 57.0. The van der Waals surface area contributed by atoms with Crippen molar-refractivity contribution < 1.29 is 26.5 Å². The Balaban J connectivity index is 0.0000000978. The summed E-state index contributed by atoms with van der Waals surface area (Å²) in [5.41, 5.74) is 24.3. The van der Waals surface area contributed by atoms with Crippen LogP contribution in [0.1, 0.15) is 0 Å². The molecule has 0 aliphatic heterocycles. The fourth-order valence-electron chi connectivity index (χ4n) is 17.4. The van der Waals surface area contributed by atoms with Gasteiger partial charge in [-0.2, -0.15) is 0 Å². The van der Waals surface area contributed by atoms with Crippen molar-refractivity contribution >= 4 is 209 Å². The Morgan fingerprint density at radius 1 is 0.191 bits per heavy atom. The zero-order valence-corrected chi connectivity index (χ0v) is 60.7. The van der Waals surface area contributed by atoms with Crippen molar-refractivity contribution in [3.05, 3.63) is 334 Å². The second-order valence-electron chi connectivity index (χ2n) is 29.1. The van der Waals surface area contributed by atoms with Gasteiger partial charge in [-0.25, -0.2) is 24.9 Å². The Morgan fingerprint density at radius 3 is 0.835 bits per heavy atom. The maximum Gasteiger partial charge on any atom is 0.196 e. The molecule has 0 saturated heterocycles. The molecule has 0 fully saturated rings. The Hall–Kier alpha value is -16.0. The molecule has 15 heterocycles. The third kappa shape index (κ3) is 9.46. The van der Waals surface area contributed by atoms with Crippen LogP contribution in [0.25, 0.3) is 249 Å². The van der Waals surface area contributed by atoms with E-state index in [1.54, 1.807) is 0 Å². The number of rotatable bonds is 5. The fourth-order valence-corrected chi connectivity index (χ4v) is 17.4. The molecule has 0 amide bonds. The molecule has 0 bridgehead atoms. The van der Waals surface area contributed by atoms with Crippen LogP contribution in [-0.4, -0.2) is 43.6 Å². The summed E-state index contributed by atoms with van der Waals surface area (Å²) in [7, 11) is 0. The van der Waals surface area contributed by atoms with E-state index in [2.05, 4.69) is 213 Å². The minimum Gasteiger partial charge on any atom is -0.450 e. The SMILES string of the molecule is c1ccc(-c2ccc3ccc4ccc(-n5c6c7ccccc7oc6c6oc7ccccc7c65)nc4c3n2)cc1.c1ccc2cc(-c3ccc4ccc5ccc(-n6c7c8ccccc8oc7c7oc8ccccc8c76)nc5c4n3)ccc2c1.c1cnc2c(c1)ccc1ccc(-n3c4c5ccccc5oc4c4oc5ccccc5c43)nc12. The lowest BCUT2D eigenvalue weighted by molar-refractivity contribution is 0.634. The lowest BCUT2D eigenvalue weighted by Gasteiger charge is -2.10. The van der Waals surface area contributed by atoms with Gasteiger partial charge in [0.05, 0.1) is 44.5 Å². The highest BCUT2D eigenvalue weighted by atomic mass is 16.4. The van der Waals surface area contributed by atoms with Crippen molar-refractivity contribution in [2.24, 2.45) is 0 Å². The zero-order chi connectivity index (χ0) is 75.1. The largest absolute Gasteiger partial charge is 0.450 e. The number of para-hydroxylation sites is 6. The van der Waals surface area contributed by atoms with Crippen molar-refractivity contribution in [1.29, 1.82) is 0 Å². The molecular formula is C100H55N9O6. The summed E-state index contributed by atoms with van der Waals surface area (Å²) in [4.78, 5) is 30.6. The van der Waals surface area contributed by atoms with Crippen molar-refractivity contribution in [3.63, 3.8) is 0 Å². The van der Waals surface area contributed by atoms with Crippen LogP contribution in [0.4, 0.5) is 0 Å². The highest BCUT2D eigenvalue weighted by molar-refractivity contribution is 6.24. The summed E-state index contributed by atoms with van der Waals surface area (Å²) >= 11 is 0. The minimum absolute atomic E-state index is 0.726. The van der Waals surface area contributed by atoms with Gasteiger partial charge in [0.15, 0.2) is 33.5 Å². The van der Waals surface area contributed by atoms with Gasteiger partial charge >= 0.3 is 0 Å². The number of benzene rings is 12. The zero-order valence-electron chi connectivity index (χ0n) is 60.7. The smallest absolute Gasteiger partial charge is 0.196 e. The van der Waals surface area contributed by atoms with Gasteiger partial charge in [-0.3, -0.25) is 18.7 Å². The number of aromatic nitrogens is 9. The molecule has 27 aromatic rings. The Kier molecular flexibility index (Phi) is 13.3. The second kappa shape index (κ2) is 24.2. The second-order valence-corrected chi connectivity index (χ2v) is 29.1. The molecular weight excluding hydrogens is 1420 g/mol. The first-order valence-corrected chi connectivity index (χ1v) is 38.1. The molecule has 115 heavy (non-hydrogen) atoms. The van der Waals surface area contributed by atoms with Crippen LogP contribution >= 0.6 is 0 Å². The monoisotopic (exact) mass is 1480 g/mol. The van der Waals surface area contributed by atoms with Crippen molar-refractivity contribution in [3.8, 4) is 40.0 Å². The van der Waals surface area contributed by atoms with E-state index < -0.39 is 0 Å². The summed E-state index contributed by atoms with van der Waals surface area (Å²) in [6.07, 6.45) is 1.81. The molecule has 0 radical (unpaired) electrons. The minimum atomic E-state index is 0.726. The summed E-state index contributed by atoms with van der Waals surface area (Å²) in [5, 5.41) is 14.8. The van der Waals surface area contributed by atoms with Crippen LogP contribution in [0.15, 0.2) is 360 Å². The molecule has 0 aliphatic carbocycles. The molecule has 15 nitrogen and oxygen atoms in total. The first kappa shape index (κ1) is 62.8.